The molecule has 3 heteroatoms. The molecule has 0 N–H and O–H groups in total. The van der Waals surface area contributed by atoms with E-state index in [1.54, 1.807) is 0 Å². The van der Waals surface area contributed by atoms with Gasteiger partial charge in [0.05, 0.1) is 18.4 Å². The lowest BCUT2D eigenvalue weighted by atomic mass is 9.73. The van der Waals surface area contributed by atoms with Gasteiger partial charge in [0.2, 0.25) is 11.8 Å². The number of likely N-dealkylation sites (tertiary alicyclic amines) is 1. The molecule has 126 valence electrons. The van der Waals surface area contributed by atoms with Crippen LogP contribution in [0.2, 0.25) is 0 Å². The van der Waals surface area contributed by atoms with Crippen LogP contribution in [0.5, 0.6) is 0 Å². The highest BCUT2D eigenvalue weighted by Gasteiger charge is 2.63. The van der Waals surface area contributed by atoms with Crippen LogP contribution >= 0.6 is 0 Å². The van der Waals surface area contributed by atoms with Crippen molar-refractivity contribution >= 4 is 11.8 Å². The van der Waals surface area contributed by atoms with E-state index in [9.17, 15) is 9.59 Å². The van der Waals surface area contributed by atoms with Crippen molar-refractivity contribution in [3.8, 4) is 0 Å². The number of rotatable bonds is 3. The van der Waals surface area contributed by atoms with Crippen LogP contribution in [0.1, 0.15) is 29.9 Å². The van der Waals surface area contributed by atoms with E-state index in [4.69, 9.17) is 0 Å². The molecule has 1 heterocycles. The molecule has 2 aliphatic carbocycles. The highest BCUT2D eigenvalue weighted by molar-refractivity contribution is 6.06. The highest BCUT2D eigenvalue weighted by atomic mass is 16.2. The third-order valence-corrected chi connectivity index (χ3v) is 6.52. The molecule has 2 bridgehead atoms. The van der Waals surface area contributed by atoms with E-state index in [1.807, 2.05) is 36.4 Å². The zero-order chi connectivity index (χ0) is 17.0. The van der Waals surface area contributed by atoms with Crippen LogP contribution in [0.15, 0.2) is 60.7 Å². The number of hydrogen-bond acceptors (Lipinski definition) is 2. The minimum atomic E-state index is -0.0971. The third-order valence-electron chi connectivity index (χ3n) is 6.52. The molecule has 1 saturated heterocycles. The number of nitrogens with zero attached hydrogens (tertiary/aromatic N) is 1. The molecular formula is C22H21NO2. The summed E-state index contributed by atoms with van der Waals surface area (Å²) in [5.41, 5.74) is 2.35. The van der Waals surface area contributed by atoms with Gasteiger partial charge in [0, 0.05) is 0 Å². The van der Waals surface area contributed by atoms with Crippen molar-refractivity contribution in [1.82, 2.24) is 4.90 Å². The van der Waals surface area contributed by atoms with Crippen molar-refractivity contribution in [3.05, 3.63) is 71.8 Å². The Morgan fingerprint density at radius 3 is 2.16 bits per heavy atom. The lowest BCUT2D eigenvalue weighted by Gasteiger charge is -2.28. The SMILES string of the molecule is O=C1[C@@H]2[C@@H]3C[C@@H]([C@@H]2C(=O)N1Cc1ccccc1)[C@@H](c1ccccc1)C3. The van der Waals surface area contributed by atoms with Gasteiger partial charge in [0.25, 0.3) is 0 Å². The van der Waals surface area contributed by atoms with Crippen molar-refractivity contribution in [3.63, 3.8) is 0 Å². The smallest absolute Gasteiger partial charge is 0.233 e. The maximum absolute atomic E-state index is 13.1. The molecule has 2 saturated carbocycles. The fourth-order valence-electron chi connectivity index (χ4n) is 5.53. The Morgan fingerprint density at radius 2 is 1.44 bits per heavy atom. The minimum absolute atomic E-state index is 0.0620. The first-order valence-electron chi connectivity index (χ1n) is 9.18. The number of carbonyl (C=O) groups excluding carboxylic acids is 2. The van der Waals surface area contributed by atoms with E-state index in [0.717, 1.165) is 18.4 Å². The Bertz CT molecular complexity index is 816. The molecule has 0 spiro atoms. The second-order valence-electron chi connectivity index (χ2n) is 7.71. The van der Waals surface area contributed by atoms with Crippen LogP contribution in [0, 0.1) is 23.7 Å². The summed E-state index contributed by atoms with van der Waals surface area (Å²) in [5, 5.41) is 0. The average molecular weight is 331 g/mol. The Balaban J connectivity index is 1.42. The van der Waals surface area contributed by atoms with Crippen molar-refractivity contribution in [1.29, 1.82) is 0 Å². The number of imide groups is 1. The zero-order valence-electron chi connectivity index (χ0n) is 14.0. The molecule has 3 nitrogen and oxygen atoms in total. The fraction of sp³-hybridized carbons (Fsp3) is 0.364. The van der Waals surface area contributed by atoms with E-state index in [-0.39, 0.29) is 23.7 Å². The summed E-state index contributed by atoms with van der Waals surface area (Å²) in [6, 6.07) is 20.3. The topological polar surface area (TPSA) is 37.4 Å². The van der Waals surface area contributed by atoms with Gasteiger partial charge in [-0.15, -0.1) is 0 Å². The van der Waals surface area contributed by atoms with Crippen LogP contribution in [0.4, 0.5) is 0 Å². The molecule has 0 radical (unpaired) electrons. The number of carbonyl (C=O) groups is 2. The van der Waals surface area contributed by atoms with Gasteiger partial charge in [-0.25, -0.2) is 0 Å². The number of fused-ring (bicyclic) bond motifs is 5. The van der Waals surface area contributed by atoms with Gasteiger partial charge in [-0.05, 0) is 41.7 Å². The van der Waals surface area contributed by atoms with Gasteiger partial charge in [-0.2, -0.15) is 0 Å². The van der Waals surface area contributed by atoms with E-state index in [0.29, 0.717) is 24.3 Å². The highest BCUT2D eigenvalue weighted by Crippen LogP contribution is 2.61. The molecule has 0 unspecified atom stereocenters. The summed E-state index contributed by atoms with van der Waals surface area (Å²) in [6.45, 7) is 0.418. The van der Waals surface area contributed by atoms with E-state index in [1.165, 1.54) is 10.5 Å². The van der Waals surface area contributed by atoms with Crippen LogP contribution in [0.3, 0.4) is 0 Å². The molecule has 2 aromatic rings. The molecule has 2 aromatic carbocycles. The largest absolute Gasteiger partial charge is 0.278 e. The first kappa shape index (κ1) is 14.9. The maximum atomic E-state index is 13.1. The lowest BCUT2D eigenvalue weighted by molar-refractivity contribution is -0.141. The maximum Gasteiger partial charge on any atom is 0.233 e. The van der Waals surface area contributed by atoms with Crippen molar-refractivity contribution in [2.24, 2.45) is 23.7 Å². The van der Waals surface area contributed by atoms with E-state index in [2.05, 4.69) is 24.3 Å². The number of amides is 2. The molecule has 5 rings (SSSR count). The fourth-order valence-corrected chi connectivity index (χ4v) is 5.53. The summed E-state index contributed by atoms with van der Waals surface area (Å²) >= 11 is 0. The van der Waals surface area contributed by atoms with Crippen LogP contribution in [-0.4, -0.2) is 16.7 Å². The number of hydrogen-bond donors (Lipinski definition) is 0. The predicted octanol–water partition coefficient (Wildman–Crippen LogP) is 3.61. The Morgan fingerprint density at radius 1 is 0.800 bits per heavy atom. The van der Waals surface area contributed by atoms with Gasteiger partial charge < -0.3 is 0 Å². The second-order valence-corrected chi connectivity index (χ2v) is 7.71. The predicted molar refractivity (Wildman–Crippen MR) is 94.4 cm³/mol. The standard InChI is InChI=1S/C22H21NO2/c24-21-19-16-11-17(15-9-5-2-6-10-15)18(12-16)20(19)22(25)23(21)13-14-7-3-1-4-8-14/h1-10,16-20H,11-13H2/t16-,17+,18+,19+,20-/m0/s1. The molecule has 3 aliphatic rings. The molecule has 0 aromatic heterocycles. The normalized spacial score (nSPS) is 33.1. The van der Waals surface area contributed by atoms with E-state index < -0.39 is 0 Å². The average Bonchev–Trinajstić information content (AvgIpc) is 3.31. The molecular weight excluding hydrogens is 310 g/mol. The molecule has 2 amide bonds. The molecule has 3 fully saturated rings. The quantitative estimate of drug-likeness (QED) is 0.806. The van der Waals surface area contributed by atoms with Crippen LogP contribution in [0.25, 0.3) is 0 Å². The summed E-state index contributed by atoms with van der Waals surface area (Å²) in [4.78, 5) is 27.5. The van der Waals surface area contributed by atoms with Gasteiger partial charge in [-0.3, -0.25) is 14.5 Å². The van der Waals surface area contributed by atoms with Gasteiger partial charge in [0.1, 0.15) is 0 Å². The van der Waals surface area contributed by atoms with Gasteiger partial charge in [0.15, 0.2) is 0 Å². The summed E-state index contributed by atoms with van der Waals surface area (Å²) in [6.07, 6.45) is 2.08. The Labute approximate surface area is 147 Å². The van der Waals surface area contributed by atoms with Crippen molar-refractivity contribution in [2.45, 2.75) is 25.3 Å². The van der Waals surface area contributed by atoms with Crippen molar-refractivity contribution in [2.75, 3.05) is 0 Å². The third kappa shape index (κ3) is 2.18. The summed E-state index contributed by atoms with van der Waals surface area (Å²) < 4.78 is 0. The van der Waals surface area contributed by atoms with Crippen LogP contribution < -0.4 is 0 Å². The van der Waals surface area contributed by atoms with Crippen molar-refractivity contribution < 1.29 is 9.59 Å². The summed E-state index contributed by atoms with van der Waals surface area (Å²) in [7, 11) is 0. The van der Waals surface area contributed by atoms with Gasteiger partial charge in [-0.1, -0.05) is 60.7 Å². The first-order valence-corrected chi connectivity index (χ1v) is 9.18. The zero-order valence-corrected chi connectivity index (χ0v) is 14.0. The summed E-state index contributed by atoms with van der Waals surface area (Å²) in [5.74, 6) is 1.10. The first-order chi connectivity index (χ1) is 12.2. The Kier molecular flexibility index (Phi) is 3.30. The number of benzene rings is 2. The van der Waals surface area contributed by atoms with E-state index >= 15 is 0 Å². The minimum Gasteiger partial charge on any atom is -0.278 e. The lowest BCUT2D eigenvalue weighted by Crippen LogP contribution is -2.32. The molecule has 5 atom stereocenters. The monoisotopic (exact) mass is 331 g/mol. The molecule has 25 heavy (non-hydrogen) atoms. The molecule has 1 aliphatic heterocycles. The second kappa shape index (κ2) is 5.55. The van der Waals surface area contributed by atoms with Gasteiger partial charge >= 0.3 is 0 Å². The van der Waals surface area contributed by atoms with Crippen LogP contribution in [-0.2, 0) is 16.1 Å². The Hall–Kier alpha value is -2.42.